The summed E-state index contributed by atoms with van der Waals surface area (Å²) in [6.45, 7) is 5.26. The molecule has 0 bridgehead atoms. The topological polar surface area (TPSA) is 110 Å². The van der Waals surface area contributed by atoms with E-state index in [1.165, 1.54) is 11.8 Å². The Balaban J connectivity index is 1.07. The molecule has 2 amide bonds. The van der Waals surface area contributed by atoms with Crippen LogP contribution in [-0.2, 0) is 4.79 Å². The zero-order valence-electron chi connectivity index (χ0n) is 22.9. The van der Waals surface area contributed by atoms with E-state index in [1.807, 2.05) is 60.4 Å². The third kappa shape index (κ3) is 7.17. The number of carbonyl (C=O) groups is 2. The Labute approximate surface area is 242 Å². The van der Waals surface area contributed by atoms with E-state index in [9.17, 15) is 9.59 Å². The van der Waals surface area contributed by atoms with Crippen LogP contribution in [0.1, 0.15) is 17.3 Å². The number of ether oxygens (including phenoxy) is 2. The quantitative estimate of drug-likeness (QED) is 0.267. The molecule has 0 atom stereocenters. The predicted molar refractivity (Wildman–Crippen MR) is 158 cm³/mol. The van der Waals surface area contributed by atoms with E-state index in [2.05, 4.69) is 20.4 Å². The molecule has 0 radical (unpaired) electrons. The van der Waals surface area contributed by atoms with Gasteiger partial charge >= 0.3 is 0 Å². The highest BCUT2D eigenvalue weighted by Gasteiger charge is 2.22. The molecule has 11 heteroatoms. The van der Waals surface area contributed by atoms with Crippen LogP contribution in [0.3, 0.4) is 0 Å². The third-order valence-electron chi connectivity index (χ3n) is 6.57. The van der Waals surface area contributed by atoms with Gasteiger partial charge in [0.25, 0.3) is 11.1 Å². The first-order valence-electron chi connectivity index (χ1n) is 13.3. The highest BCUT2D eigenvalue weighted by atomic mass is 32.2. The third-order valence-corrected chi connectivity index (χ3v) is 7.38. The summed E-state index contributed by atoms with van der Waals surface area (Å²) in [7, 11) is 1.61. The molecule has 1 saturated heterocycles. The van der Waals surface area contributed by atoms with Crippen LogP contribution in [0.25, 0.3) is 11.5 Å². The monoisotopic (exact) mass is 573 g/mol. The molecule has 1 aliphatic rings. The summed E-state index contributed by atoms with van der Waals surface area (Å²) >= 11 is 1.18. The second kappa shape index (κ2) is 13.2. The Morgan fingerprint density at radius 3 is 2.24 bits per heavy atom. The Bertz CT molecular complexity index is 1450. The Morgan fingerprint density at radius 2 is 1.59 bits per heavy atom. The van der Waals surface area contributed by atoms with Gasteiger partial charge in [-0.1, -0.05) is 11.8 Å². The smallest absolute Gasteiger partial charge is 0.277 e. The van der Waals surface area contributed by atoms with Gasteiger partial charge in [0.2, 0.25) is 11.8 Å². The number of anilines is 2. The van der Waals surface area contributed by atoms with Gasteiger partial charge in [-0.25, -0.2) is 0 Å². The molecule has 2 heterocycles. The molecule has 1 fully saturated rings. The maximum Gasteiger partial charge on any atom is 0.277 e. The highest BCUT2D eigenvalue weighted by Crippen LogP contribution is 2.26. The van der Waals surface area contributed by atoms with Crippen molar-refractivity contribution in [3.8, 4) is 23.0 Å². The van der Waals surface area contributed by atoms with Crippen molar-refractivity contribution in [1.29, 1.82) is 0 Å². The number of rotatable bonds is 10. The van der Waals surface area contributed by atoms with Crippen LogP contribution in [0.15, 0.2) is 82.4 Å². The van der Waals surface area contributed by atoms with Gasteiger partial charge in [-0.2, -0.15) is 0 Å². The van der Waals surface area contributed by atoms with Gasteiger partial charge < -0.3 is 29.0 Å². The summed E-state index contributed by atoms with van der Waals surface area (Å²) in [5, 5.41) is 11.3. The minimum Gasteiger partial charge on any atom is -0.497 e. The molecular formula is C30H31N5O5S. The lowest BCUT2D eigenvalue weighted by Gasteiger charge is -2.36. The molecule has 1 aliphatic heterocycles. The van der Waals surface area contributed by atoms with Crippen LogP contribution >= 0.6 is 11.8 Å². The summed E-state index contributed by atoms with van der Waals surface area (Å²) in [6, 6.07) is 22.3. The van der Waals surface area contributed by atoms with Crippen LogP contribution in [0.5, 0.6) is 11.5 Å². The van der Waals surface area contributed by atoms with Gasteiger partial charge in [-0.05, 0) is 79.7 Å². The summed E-state index contributed by atoms with van der Waals surface area (Å²) in [4.78, 5) is 29.5. The summed E-state index contributed by atoms with van der Waals surface area (Å²) in [5.74, 6) is 1.88. The first-order chi connectivity index (χ1) is 20.0. The van der Waals surface area contributed by atoms with Crippen LogP contribution < -0.4 is 19.7 Å². The number of carbonyl (C=O) groups excluding carboxylic acids is 2. The second-order valence-corrected chi connectivity index (χ2v) is 10.1. The average molecular weight is 574 g/mol. The van der Waals surface area contributed by atoms with E-state index < -0.39 is 0 Å². The number of benzene rings is 3. The number of hydrogen-bond donors (Lipinski definition) is 1. The maximum absolute atomic E-state index is 12.8. The normalized spacial score (nSPS) is 13.1. The van der Waals surface area contributed by atoms with Crippen molar-refractivity contribution in [1.82, 2.24) is 15.1 Å². The predicted octanol–water partition coefficient (Wildman–Crippen LogP) is 4.84. The lowest BCUT2D eigenvalue weighted by Crippen LogP contribution is -2.48. The first-order valence-corrected chi connectivity index (χ1v) is 14.3. The lowest BCUT2D eigenvalue weighted by atomic mass is 10.1. The van der Waals surface area contributed by atoms with Gasteiger partial charge in [0.05, 0.1) is 19.5 Å². The minimum absolute atomic E-state index is 0.0242. The molecule has 5 rings (SSSR count). The minimum atomic E-state index is -0.172. The van der Waals surface area contributed by atoms with Crippen molar-refractivity contribution in [3.63, 3.8) is 0 Å². The van der Waals surface area contributed by atoms with E-state index in [0.717, 1.165) is 35.8 Å². The standard InChI is InChI=1S/C30H31N5O5S/c1-3-39-26-14-4-21(5-15-26)28-32-33-30(40-28)41-20-27(36)31-23-8-10-24(11-9-23)34-16-18-35(19-17-34)29(37)22-6-12-25(38-2)13-7-22/h4-15H,3,16-20H2,1-2H3,(H,31,36). The zero-order chi connectivity index (χ0) is 28.6. The molecule has 1 aromatic heterocycles. The highest BCUT2D eigenvalue weighted by molar-refractivity contribution is 7.99. The number of nitrogens with zero attached hydrogens (tertiary/aromatic N) is 4. The van der Waals surface area contributed by atoms with Crippen LogP contribution in [0, 0.1) is 0 Å². The van der Waals surface area contributed by atoms with E-state index in [0.29, 0.717) is 42.1 Å². The fourth-order valence-corrected chi connectivity index (χ4v) is 4.97. The largest absolute Gasteiger partial charge is 0.497 e. The van der Waals surface area contributed by atoms with Gasteiger partial charge in [0.15, 0.2) is 0 Å². The van der Waals surface area contributed by atoms with E-state index in [4.69, 9.17) is 13.9 Å². The van der Waals surface area contributed by atoms with Gasteiger partial charge in [0, 0.05) is 48.7 Å². The Morgan fingerprint density at radius 1 is 0.902 bits per heavy atom. The molecule has 41 heavy (non-hydrogen) atoms. The van der Waals surface area contributed by atoms with Crippen molar-refractivity contribution < 1.29 is 23.5 Å². The molecular weight excluding hydrogens is 542 g/mol. The molecule has 10 nitrogen and oxygen atoms in total. The molecule has 4 aromatic rings. The summed E-state index contributed by atoms with van der Waals surface area (Å²) in [5.41, 5.74) is 3.18. The van der Waals surface area contributed by atoms with E-state index in [1.54, 1.807) is 31.4 Å². The van der Waals surface area contributed by atoms with Crippen LogP contribution in [-0.4, -0.2) is 72.6 Å². The molecule has 212 valence electrons. The number of methoxy groups -OCH3 is 1. The number of nitrogens with one attached hydrogen (secondary N) is 1. The first kappa shape index (κ1) is 28.0. The number of hydrogen-bond acceptors (Lipinski definition) is 9. The molecule has 0 saturated carbocycles. The molecule has 0 aliphatic carbocycles. The number of amides is 2. The summed E-state index contributed by atoms with van der Waals surface area (Å²) < 4.78 is 16.3. The fraction of sp³-hybridized carbons (Fsp3) is 0.267. The van der Waals surface area contributed by atoms with Gasteiger partial charge in [0.1, 0.15) is 11.5 Å². The van der Waals surface area contributed by atoms with Crippen molar-refractivity contribution >= 4 is 35.0 Å². The van der Waals surface area contributed by atoms with Crippen molar-refractivity contribution in [3.05, 3.63) is 78.4 Å². The number of piperazine rings is 1. The number of thioether (sulfide) groups is 1. The average Bonchev–Trinajstić information content (AvgIpc) is 3.50. The van der Waals surface area contributed by atoms with Gasteiger partial charge in [-0.15, -0.1) is 10.2 Å². The van der Waals surface area contributed by atoms with E-state index in [-0.39, 0.29) is 17.6 Å². The van der Waals surface area contributed by atoms with Crippen molar-refractivity contribution in [2.45, 2.75) is 12.1 Å². The second-order valence-electron chi connectivity index (χ2n) is 9.22. The van der Waals surface area contributed by atoms with E-state index >= 15 is 0 Å². The molecule has 0 unspecified atom stereocenters. The van der Waals surface area contributed by atoms with Crippen molar-refractivity contribution in [2.24, 2.45) is 0 Å². The zero-order valence-corrected chi connectivity index (χ0v) is 23.7. The maximum atomic E-state index is 12.8. The fourth-order valence-electron chi connectivity index (χ4n) is 4.41. The van der Waals surface area contributed by atoms with Gasteiger partial charge in [-0.3, -0.25) is 9.59 Å². The number of aromatic nitrogens is 2. The molecule has 1 N–H and O–H groups in total. The SMILES string of the molecule is CCOc1ccc(-c2nnc(SCC(=O)Nc3ccc(N4CCN(C(=O)c5ccc(OC)cc5)CC4)cc3)o2)cc1. The molecule has 3 aromatic carbocycles. The van der Waals surface area contributed by atoms with Crippen LogP contribution in [0.4, 0.5) is 11.4 Å². The lowest BCUT2D eigenvalue weighted by molar-refractivity contribution is -0.113. The Hall–Kier alpha value is -4.51. The van der Waals surface area contributed by atoms with Crippen molar-refractivity contribution in [2.75, 3.05) is 55.9 Å². The van der Waals surface area contributed by atoms with Crippen LogP contribution in [0.2, 0.25) is 0 Å². The summed E-state index contributed by atoms with van der Waals surface area (Å²) in [6.07, 6.45) is 0. The molecule has 0 spiro atoms. The Kier molecular flexibility index (Phi) is 9.05.